The molecule has 0 fully saturated rings. The number of carbonyl (C=O) groups excluding carboxylic acids is 1. The van der Waals surface area contributed by atoms with E-state index in [1.807, 2.05) is 31.4 Å². The topological polar surface area (TPSA) is 60.2 Å². The molecule has 0 spiro atoms. The molecule has 3 heterocycles. The molecule has 6 nitrogen and oxygen atoms in total. The molecule has 1 aliphatic rings. The molecule has 0 bridgehead atoms. The van der Waals surface area contributed by atoms with Gasteiger partial charge < -0.3 is 9.64 Å². The fourth-order valence-corrected chi connectivity index (χ4v) is 3.47. The highest BCUT2D eigenvalue weighted by Gasteiger charge is 2.24. The van der Waals surface area contributed by atoms with Gasteiger partial charge in [0.1, 0.15) is 6.10 Å². The Morgan fingerprint density at radius 1 is 1.26 bits per heavy atom. The van der Waals surface area contributed by atoms with E-state index in [2.05, 4.69) is 22.2 Å². The second-order valence-electron chi connectivity index (χ2n) is 6.86. The average molecular weight is 362 g/mol. The summed E-state index contributed by atoms with van der Waals surface area (Å²) in [4.78, 5) is 18.9. The van der Waals surface area contributed by atoms with Crippen molar-refractivity contribution in [2.45, 2.75) is 12.5 Å². The van der Waals surface area contributed by atoms with Crippen LogP contribution in [0.15, 0.2) is 55.1 Å². The van der Waals surface area contributed by atoms with Gasteiger partial charge in [-0.15, -0.1) is 0 Å². The van der Waals surface area contributed by atoms with E-state index < -0.39 is 0 Å². The SMILES string of the molecule is CN(C[C@@H]1OCCc2ccccc21)C(=O)c1cncc(-c2cnn(C)c2)c1. The van der Waals surface area contributed by atoms with Gasteiger partial charge in [0, 0.05) is 43.8 Å². The molecule has 138 valence electrons. The molecule has 1 aromatic carbocycles. The minimum atomic E-state index is -0.0987. The zero-order valence-electron chi connectivity index (χ0n) is 15.5. The molecule has 2 aromatic heterocycles. The quantitative estimate of drug-likeness (QED) is 0.716. The predicted molar refractivity (Wildman–Crippen MR) is 102 cm³/mol. The minimum Gasteiger partial charge on any atom is -0.371 e. The minimum absolute atomic E-state index is 0.0695. The van der Waals surface area contributed by atoms with E-state index in [4.69, 9.17) is 4.74 Å². The molecule has 0 N–H and O–H groups in total. The molecule has 3 aromatic rings. The van der Waals surface area contributed by atoms with E-state index in [1.54, 1.807) is 35.2 Å². The number of aromatic nitrogens is 3. The van der Waals surface area contributed by atoms with Gasteiger partial charge in [0.2, 0.25) is 0 Å². The highest BCUT2D eigenvalue weighted by atomic mass is 16.5. The maximum absolute atomic E-state index is 12.9. The number of benzene rings is 1. The van der Waals surface area contributed by atoms with E-state index in [1.165, 1.54) is 11.1 Å². The van der Waals surface area contributed by atoms with Crippen LogP contribution in [0.1, 0.15) is 27.6 Å². The third-order valence-electron chi connectivity index (χ3n) is 4.90. The highest BCUT2D eigenvalue weighted by molar-refractivity contribution is 5.94. The molecule has 1 atom stereocenters. The largest absolute Gasteiger partial charge is 0.371 e. The maximum atomic E-state index is 12.9. The van der Waals surface area contributed by atoms with Crippen molar-refractivity contribution >= 4 is 5.91 Å². The first-order valence-corrected chi connectivity index (χ1v) is 9.01. The van der Waals surface area contributed by atoms with Crippen LogP contribution in [0.2, 0.25) is 0 Å². The summed E-state index contributed by atoms with van der Waals surface area (Å²) >= 11 is 0. The van der Waals surface area contributed by atoms with Crippen LogP contribution in [0.4, 0.5) is 0 Å². The van der Waals surface area contributed by atoms with Gasteiger partial charge in [-0.2, -0.15) is 5.10 Å². The van der Waals surface area contributed by atoms with Crippen molar-refractivity contribution in [1.82, 2.24) is 19.7 Å². The Balaban J connectivity index is 1.52. The summed E-state index contributed by atoms with van der Waals surface area (Å²) in [5, 5.41) is 4.18. The second-order valence-corrected chi connectivity index (χ2v) is 6.86. The van der Waals surface area contributed by atoms with Crippen LogP contribution in [0.5, 0.6) is 0 Å². The maximum Gasteiger partial charge on any atom is 0.255 e. The Bertz CT molecular complexity index is 966. The van der Waals surface area contributed by atoms with E-state index in [0.717, 1.165) is 17.5 Å². The van der Waals surface area contributed by atoms with Gasteiger partial charge >= 0.3 is 0 Å². The van der Waals surface area contributed by atoms with Gasteiger partial charge in [-0.3, -0.25) is 14.5 Å². The lowest BCUT2D eigenvalue weighted by atomic mass is 9.97. The molecular weight excluding hydrogens is 340 g/mol. The third kappa shape index (κ3) is 3.61. The third-order valence-corrected chi connectivity index (χ3v) is 4.90. The lowest BCUT2D eigenvalue weighted by Gasteiger charge is -2.29. The number of hydrogen-bond acceptors (Lipinski definition) is 4. The average Bonchev–Trinajstić information content (AvgIpc) is 3.14. The van der Waals surface area contributed by atoms with Gasteiger partial charge in [0.25, 0.3) is 5.91 Å². The summed E-state index contributed by atoms with van der Waals surface area (Å²) in [5.41, 5.74) is 4.84. The van der Waals surface area contributed by atoms with Crippen LogP contribution in [-0.2, 0) is 18.2 Å². The second kappa shape index (κ2) is 7.32. The Morgan fingerprint density at radius 3 is 2.93 bits per heavy atom. The molecular formula is C21H22N4O2. The van der Waals surface area contributed by atoms with Crippen molar-refractivity contribution in [3.63, 3.8) is 0 Å². The van der Waals surface area contributed by atoms with Crippen LogP contribution in [0.3, 0.4) is 0 Å². The molecule has 4 rings (SSSR count). The van der Waals surface area contributed by atoms with Crippen LogP contribution in [0.25, 0.3) is 11.1 Å². The number of fused-ring (bicyclic) bond motifs is 1. The summed E-state index contributed by atoms with van der Waals surface area (Å²) in [6, 6.07) is 10.1. The van der Waals surface area contributed by atoms with E-state index >= 15 is 0 Å². The molecule has 0 saturated heterocycles. The number of pyridine rings is 1. The van der Waals surface area contributed by atoms with Crippen LogP contribution >= 0.6 is 0 Å². The zero-order chi connectivity index (χ0) is 18.8. The number of likely N-dealkylation sites (N-methyl/N-ethyl adjacent to an activating group) is 1. The lowest BCUT2D eigenvalue weighted by Crippen LogP contribution is -2.33. The highest BCUT2D eigenvalue weighted by Crippen LogP contribution is 2.28. The Kier molecular flexibility index (Phi) is 4.73. The van der Waals surface area contributed by atoms with Crippen molar-refractivity contribution < 1.29 is 9.53 Å². The lowest BCUT2D eigenvalue weighted by molar-refractivity contribution is 0.0200. The van der Waals surface area contributed by atoms with Gasteiger partial charge in [-0.25, -0.2) is 0 Å². The number of hydrogen-bond donors (Lipinski definition) is 0. The number of ether oxygens (including phenoxy) is 1. The zero-order valence-corrected chi connectivity index (χ0v) is 15.5. The van der Waals surface area contributed by atoms with Crippen LogP contribution < -0.4 is 0 Å². The van der Waals surface area contributed by atoms with Crippen molar-refractivity contribution in [1.29, 1.82) is 0 Å². The summed E-state index contributed by atoms with van der Waals surface area (Å²) in [6.07, 6.45) is 7.84. The first-order chi connectivity index (χ1) is 13.1. The molecule has 27 heavy (non-hydrogen) atoms. The summed E-state index contributed by atoms with van der Waals surface area (Å²) in [6.45, 7) is 1.19. The van der Waals surface area contributed by atoms with Gasteiger partial charge in [-0.05, 0) is 23.6 Å². The fraction of sp³-hybridized carbons (Fsp3) is 0.286. The summed E-state index contributed by atoms with van der Waals surface area (Å²) in [5.74, 6) is -0.0695. The molecule has 0 aliphatic carbocycles. The molecule has 1 amide bonds. The van der Waals surface area contributed by atoms with E-state index in [-0.39, 0.29) is 12.0 Å². The van der Waals surface area contributed by atoms with Gasteiger partial charge in [0.05, 0.1) is 24.9 Å². The van der Waals surface area contributed by atoms with Crippen molar-refractivity contribution in [2.24, 2.45) is 7.05 Å². The number of aryl methyl sites for hydroxylation is 1. The summed E-state index contributed by atoms with van der Waals surface area (Å²) < 4.78 is 7.67. The number of carbonyl (C=O) groups is 1. The Labute approximate surface area is 158 Å². The van der Waals surface area contributed by atoms with E-state index in [9.17, 15) is 4.79 Å². The van der Waals surface area contributed by atoms with Crippen LogP contribution in [0, 0.1) is 0 Å². The Morgan fingerprint density at radius 2 is 2.11 bits per heavy atom. The molecule has 6 heteroatoms. The number of amides is 1. The smallest absolute Gasteiger partial charge is 0.255 e. The number of nitrogens with zero attached hydrogens (tertiary/aromatic N) is 4. The Hall–Kier alpha value is -2.99. The molecule has 0 saturated carbocycles. The van der Waals surface area contributed by atoms with Gasteiger partial charge in [-0.1, -0.05) is 24.3 Å². The normalized spacial score (nSPS) is 16.0. The first-order valence-electron chi connectivity index (χ1n) is 9.01. The standard InChI is InChI=1S/C21H22N4O2/c1-24(14-20-19-6-4-3-5-15(19)7-8-27-20)21(26)17-9-16(10-22-11-17)18-12-23-25(2)13-18/h3-6,9-13,20H,7-8,14H2,1-2H3/t20-/m0/s1. The van der Waals surface area contributed by atoms with Crippen molar-refractivity contribution in [3.8, 4) is 11.1 Å². The molecule has 0 radical (unpaired) electrons. The predicted octanol–water partition coefficient (Wildman–Crippen LogP) is 2.87. The van der Waals surface area contributed by atoms with E-state index in [0.29, 0.717) is 18.7 Å². The number of rotatable bonds is 4. The van der Waals surface area contributed by atoms with Crippen molar-refractivity contribution in [3.05, 3.63) is 71.8 Å². The van der Waals surface area contributed by atoms with Crippen LogP contribution in [-0.4, -0.2) is 45.8 Å². The monoisotopic (exact) mass is 362 g/mol. The molecule has 1 aliphatic heterocycles. The first kappa shape index (κ1) is 17.4. The van der Waals surface area contributed by atoms with Gasteiger partial charge in [0.15, 0.2) is 0 Å². The van der Waals surface area contributed by atoms with Crippen molar-refractivity contribution in [2.75, 3.05) is 20.2 Å². The summed E-state index contributed by atoms with van der Waals surface area (Å²) in [7, 11) is 3.67. The molecule has 0 unspecified atom stereocenters. The fourth-order valence-electron chi connectivity index (χ4n) is 3.47.